The molecule has 20 heavy (non-hydrogen) atoms. The summed E-state index contributed by atoms with van der Waals surface area (Å²) in [5.41, 5.74) is 0.288. The van der Waals surface area contributed by atoms with Gasteiger partial charge in [0.2, 0.25) is 9.84 Å². The second-order valence-electron chi connectivity index (χ2n) is 5.01. The quantitative estimate of drug-likeness (QED) is 0.923. The number of hydrogen-bond donors (Lipinski definition) is 1. The monoisotopic (exact) mass is 305 g/mol. The first-order chi connectivity index (χ1) is 9.34. The summed E-state index contributed by atoms with van der Waals surface area (Å²) < 4.78 is 48.8. The van der Waals surface area contributed by atoms with Gasteiger partial charge in [-0.3, -0.25) is 0 Å². The Morgan fingerprint density at radius 2 is 2.00 bits per heavy atom. The van der Waals surface area contributed by atoms with Crippen LogP contribution in [-0.4, -0.2) is 38.5 Å². The number of nitrogens with zero attached hydrogens (tertiary/aromatic N) is 1. The van der Waals surface area contributed by atoms with Gasteiger partial charge in [0.25, 0.3) is 0 Å². The van der Waals surface area contributed by atoms with E-state index in [-0.39, 0.29) is 16.5 Å². The third kappa shape index (κ3) is 2.78. The van der Waals surface area contributed by atoms with Gasteiger partial charge in [0.15, 0.2) is 0 Å². The van der Waals surface area contributed by atoms with Gasteiger partial charge in [-0.25, -0.2) is 8.42 Å². The van der Waals surface area contributed by atoms with Crippen molar-refractivity contribution < 1.29 is 22.3 Å². The Bertz CT molecular complexity index is 575. The lowest BCUT2D eigenvalue weighted by Gasteiger charge is -2.22. The van der Waals surface area contributed by atoms with E-state index in [4.69, 9.17) is 0 Å². The van der Waals surface area contributed by atoms with Crippen LogP contribution in [0.3, 0.4) is 0 Å². The van der Waals surface area contributed by atoms with Crippen LogP contribution in [0.15, 0.2) is 29.2 Å². The Morgan fingerprint density at radius 3 is 2.55 bits per heavy atom. The van der Waals surface area contributed by atoms with E-state index in [1.807, 2.05) is 0 Å². The van der Waals surface area contributed by atoms with Crippen molar-refractivity contribution in [1.29, 1.82) is 0 Å². The van der Waals surface area contributed by atoms with E-state index in [9.17, 15) is 22.3 Å². The number of hydrogen-bond acceptors (Lipinski definition) is 4. The zero-order valence-corrected chi connectivity index (χ0v) is 11.9. The Labute approximate surface area is 116 Å². The number of halogens is 2. The van der Waals surface area contributed by atoms with E-state index in [1.165, 1.54) is 18.2 Å². The Balaban J connectivity index is 2.35. The first-order valence-corrected chi connectivity index (χ1v) is 7.92. The highest BCUT2D eigenvalue weighted by Gasteiger charge is 2.33. The second kappa shape index (κ2) is 5.65. The molecule has 1 aliphatic heterocycles. The molecule has 0 saturated carbocycles. The smallest absolute Gasteiger partial charge is 0.341 e. The minimum Gasteiger partial charge on any atom is -0.393 e. The Morgan fingerprint density at radius 1 is 1.35 bits per heavy atom. The highest BCUT2D eigenvalue weighted by Crippen LogP contribution is 2.33. The van der Waals surface area contributed by atoms with Gasteiger partial charge in [0.1, 0.15) is 0 Å². The van der Waals surface area contributed by atoms with Crippen LogP contribution < -0.4 is 4.90 Å². The molecule has 0 amide bonds. The maximum atomic E-state index is 12.7. The molecule has 0 bridgehead atoms. The molecule has 1 fully saturated rings. The third-order valence-corrected chi connectivity index (χ3v) is 5.08. The molecule has 0 radical (unpaired) electrons. The Hall–Kier alpha value is -1.21. The van der Waals surface area contributed by atoms with Crippen molar-refractivity contribution in [2.75, 3.05) is 18.0 Å². The first-order valence-electron chi connectivity index (χ1n) is 6.38. The summed E-state index contributed by atoms with van der Waals surface area (Å²) in [7, 11) is -4.62. The number of aliphatic hydroxyl groups is 1. The number of alkyl halides is 2. The summed E-state index contributed by atoms with van der Waals surface area (Å²) in [4.78, 5) is 1.40. The van der Waals surface area contributed by atoms with E-state index < -0.39 is 21.7 Å². The summed E-state index contributed by atoms with van der Waals surface area (Å²) in [5.74, 6) is -3.41. The average molecular weight is 305 g/mol. The molecule has 4 nitrogen and oxygen atoms in total. The van der Waals surface area contributed by atoms with Crippen molar-refractivity contribution in [3.63, 3.8) is 0 Å². The number of anilines is 1. The fourth-order valence-corrected chi connectivity index (χ4v) is 3.40. The predicted octanol–water partition coefficient (Wildman–Crippen LogP) is 1.89. The molecule has 1 aromatic rings. The van der Waals surface area contributed by atoms with Gasteiger partial charge in [0, 0.05) is 19.0 Å². The van der Waals surface area contributed by atoms with Crippen LogP contribution in [0.1, 0.15) is 13.3 Å². The van der Waals surface area contributed by atoms with E-state index in [0.29, 0.717) is 19.5 Å². The molecule has 1 heterocycles. The molecule has 1 aromatic carbocycles. The number of sulfone groups is 1. The molecule has 0 aliphatic carbocycles. The fourth-order valence-electron chi connectivity index (χ4n) is 2.45. The topological polar surface area (TPSA) is 57.6 Å². The van der Waals surface area contributed by atoms with Crippen LogP contribution in [-0.2, 0) is 9.84 Å². The summed E-state index contributed by atoms with van der Waals surface area (Å²) >= 11 is 0. The highest BCUT2D eigenvalue weighted by atomic mass is 32.2. The fraction of sp³-hybridized carbons (Fsp3) is 0.538. The molecular formula is C13H17F2NO3S. The van der Waals surface area contributed by atoms with Gasteiger partial charge in [-0.2, -0.15) is 8.78 Å². The van der Waals surface area contributed by atoms with Crippen LogP contribution in [0.2, 0.25) is 0 Å². The number of benzene rings is 1. The molecule has 2 rings (SSSR count). The van der Waals surface area contributed by atoms with E-state index in [0.717, 1.165) is 0 Å². The lowest BCUT2D eigenvalue weighted by molar-refractivity contribution is 0.136. The number of aliphatic hydroxyl groups excluding tert-OH is 1. The number of para-hydroxylation sites is 1. The van der Waals surface area contributed by atoms with E-state index in [2.05, 4.69) is 0 Å². The Kier molecular flexibility index (Phi) is 4.29. The van der Waals surface area contributed by atoms with Crippen LogP contribution in [0.4, 0.5) is 14.5 Å². The SMILES string of the molecule is CC(O)C1CCN(c2ccccc2S(=O)(=O)C(F)F)C1. The lowest BCUT2D eigenvalue weighted by atomic mass is 10.0. The van der Waals surface area contributed by atoms with Gasteiger partial charge in [0.05, 0.1) is 16.7 Å². The van der Waals surface area contributed by atoms with Gasteiger partial charge >= 0.3 is 5.76 Å². The van der Waals surface area contributed by atoms with Crippen LogP contribution >= 0.6 is 0 Å². The van der Waals surface area contributed by atoms with Gasteiger partial charge in [-0.1, -0.05) is 12.1 Å². The van der Waals surface area contributed by atoms with E-state index in [1.54, 1.807) is 17.9 Å². The predicted molar refractivity (Wildman–Crippen MR) is 71.6 cm³/mol. The van der Waals surface area contributed by atoms with Crippen LogP contribution in [0.25, 0.3) is 0 Å². The summed E-state index contributed by atoms with van der Waals surface area (Å²) in [6.45, 7) is 2.69. The second-order valence-corrected chi connectivity index (χ2v) is 6.89. The largest absolute Gasteiger partial charge is 0.393 e. The summed E-state index contributed by atoms with van der Waals surface area (Å²) in [6, 6.07) is 5.78. The van der Waals surface area contributed by atoms with Gasteiger partial charge < -0.3 is 10.0 Å². The zero-order valence-electron chi connectivity index (χ0n) is 11.0. The molecule has 2 unspecified atom stereocenters. The maximum absolute atomic E-state index is 12.7. The molecule has 2 atom stereocenters. The molecule has 1 aliphatic rings. The van der Waals surface area contributed by atoms with Crippen molar-refractivity contribution in [2.45, 2.75) is 30.1 Å². The van der Waals surface area contributed by atoms with Crippen molar-refractivity contribution >= 4 is 15.5 Å². The van der Waals surface area contributed by atoms with Crippen molar-refractivity contribution in [1.82, 2.24) is 0 Å². The number of rotatable bonds is 4. The van der Waals surface area contributed by atoms with Gasteiger partial charge in [-0.15, -0.1) is 0 Å². The first kappa shape index (κ1) is 15.2. The summed E-state index contributed by atoms with van der Waals surface area (Å²) in [5, 5.41) is 9.57. The standard InChI is InChI=1S/C13H17F2NO3S/c1-9(17)10-6-7-16(8-10)11-4-2-3-5-12(11)20(18,19)13(14)15/h2-5,9-10,13,17H,6-8H2,1H3. The van der Waals surface area contributed by atoms with Gasteiger partial charge in [-0.05, 0) is 25.5 Å². The van der Waals surface area contributed by atoms with E-state index >= 15 is 0 Å². The minimum absolute atomic E-state index is 0.0253. The lowest BCUT2D eigenvalue weighted by Crippen LogP contribution is -2.26. The molecule has 112 valence electrons. The van der Waals surface area contributed by atoms with Crippen molar-refractivity contribution in [2.24, 2.45) is 5.92 Å². The molecule has 1 N–H and O–H groups in total. The molecule has 0 spiro atoms. The third-order valence-electron chi connectivity index (χ3n) is 3.65. The van der Waals surface area contributed by atoms with Crippen molar-refractivity contribution in [3.8, 4) is 0 Å². The summed E-state index contributed by atoms with van der Waals surface area (Å²) in [6.07, 6.45) is 0.208. The molecule has 7 heteroatoms. The molecule has 1 saturated heterocycles. The maximum Gasteiger partial charge on any atom is 0.341 e. The normalized spacial score (nSPS) is 21.4. The zero-order chi connectivity index (χ0) is 14.9. The molecule has 0 aromatic heterocycles. The average Bonchev–Trinajstić information content (AvgIpc) is 2.88. The van der Waals surface area contributed by atoms with Crippen molar-refractivity contribution in [3.05, 3.63) is 24.3 Å². The van der Waals surface area contributed by atoms with Crippen LogP contribution in [0.5, 0.6) is 0 Å². The highest BCUT2D eigenvalue weighted by molar-refractivity contribution is 7.91. The van der Waals surface area contributed by atoms with Crippen LogP contribution in [0, 0.1) is 5.92 Å². The minimum atomic E-state index is -4.62. The molecular weight excluding hydrogens is 288 g/mol.